The van der Waals surface area contributed by atoms with Crippen molar-refractivity contribution in [2.75, 3.05) is 4.43 Å². The summed E-state index contributed by atoms with van der Waals surface area (Å²) in [5.41, 5.74) is 0. The van der Waals surface area contributed by atoms with Gasteiger partial charge in [0.1, 0.15) is 0 Å². The van der Waals surface area contributed by atoms with Crippen molar-refractivity contribution in [1.29, 1.82) is 0 Å². The lowest BCUT2D eigenvalue weighted by molar-refractivity contribution is -0.130. The van der Waals surface area contributed by atoms with Gasteiger partial charge in [-0.1, -0.05) is 22.6 Å². The van der Waals surface area contributed by atoms with E-state index < -0.39 is 15.6 Å². The Morgan fingerprint density at radius 3 is 2.12 bits per heavy atom. The number of alkyl halides is 3. The van der Waals surface area contributed by atoms with Crippen molar-refractivity contribution in [3.8, 4) is 0 Å². The van der Waals surface area contributed by atoms with Crippen molar-refractivity contribution in [1.82, 2.24) is 0 Å². The molecule has 0 bridgehead atoms. The first-order valence-electron chi connectivity index (χ1n) is 1.64. The van der Waals surface area contributed by atoms with E-state index in [1.165, 1.54) is 22.6 Å². The Kier molecular flexibility index (Phi) is 3.11. The second-order valence-corrected chi connectivity index (χ2v) is 2.22. The maximum Gasteiger partial charge on any atom is 0.328 e. The molecule has 0 aliphatic heterocycles. The molecule has 0 atom stereocenters. The van der Waals surface area contributed by atoms with Crippen molar-refractivity contribution >= 4 is 39.4 Å². The Hall–Kier alpha value is 0.550. The highest BCUT2D eigenvalue weighted by atomic mass is 127. The molecule has 0 aromatic heterocycles. The van der Waals surface area contributed by atoms with E-state index in [9.17, 15) is 13.6 Å². The van der Waals surface area contributed by atoms with Gasteiger partial charge in [-0.05, 0) is 11.6 Å². The van der Waals surface area contributed by atoms with Crippen LogP contribution < -0.4 is 0 Å². The summed E-state index contributed by atoms with van der Waals surface area (Å²) in [5.74, 6) is -3.35. The van der Waals surface area contributed by atoms with E-state index in [1.54, 1.807) is 0 Å². The van der Waals surface area contributed by atoms with Crippen molar-refractivity contribution in [2.45, 2.75) is 5.92 Å². The minimum Gasteiger partial charge on any atom is -0.274 e. The van der Waals surface area contributed by atoms with Gasteiger partial charge in [0, 0.05) is 0 Å². The lowest BCUT2D eigenvalue weighted by Crippen LogP contribution is -2.25. The molecular weight excluding hydrogens is 252 g/mol. The first-order chi connectivity index (χ1) is 3.50. The predicted octanol–water partition coefficient (Wildman–Crippen LogP) is 1.82. The molecule has 0 rings (SSSR count). The zero-order chi connectivity index (χ0) is 6.78. The van der Waals surface area contributed by atoms with E-state index in [0.29, 0.717) is 0 Å². The smallest absolute Gasteiger partial charge is 0.274 e. The van der Waals surface area contributed by atoms with Crippen LogP contribution in [0.5, 0.6) is 0 Å². The summed E-state index contributed by atoms with van der Waals surface area (Å²) in [4.78, 5) is 9.71. The first kappa shape index (κ1) is 8.55. The van der Waals surface area contributed by atoms with Crippen molar-refractivity contribution in [2.24, 2.45) is 0 Å². The molecule has 0 aliphatic carbocycles. The van der Waals surface area contributed by atoms with E-state index >= 15 is 0 Å². The van der Waals surface area contributed by atoms with Gasteiger partial charge < -0.3 is 0 Å². The summed E-state index contributed by atoms with van der Waals surface area (Å²) in [6.07, 6.45) is 0. The fraction of sp³-hybridized carbons (Fsp3) is 0.667. The molecule has 0 saturated carbocycles. The van der Waals surface area contributed by atoms with Crippen LogP contribution in [0.25, 0.3) is 0 Å². The van der Waals surface area contributed by atoms with Gasteiger partial charge in [0.15, 0.2) is 0 Å². The maximum atomic E-state index is 11.8. The summed E-state index contributed by atoms with van der Waals surface area (Å²) in [6, 6.07) is 0. The lowest BCUT2D eigenvalue weighted by atomic mass is 10.4. The molecule has 5 heteroatoms. The monoisotopic (exact) mass is 254 g/mol. The van der Waals surface area contributed by atoms with Crippen LogP contribution in [0.1, 0.15) is 0 Å². The molecule has 0 heterocycles. The lowest BCUT2D eigenvalue weighted by Gasteiger charge is -2.03. The molecule has 48 valence electrons. The van der Waals surface area contributed by atoms with Crippen LogP contribution in [0.15, 0.2) is 0 Å². The van der Waals surface area contributed by atoms with Gasteiger partial charge >= 0.3 is 5.92 Å². The van der Waals surface area contributed by atoms with E-state index in [2.05, 4.69) is 11.6 Å². The third-order valence-electron chi connectivity index (χ3n) is 0.455. The molecule has 0 aromatic rings. The van der Waals surface area contributed by atoms with Gasteiger partial charge in [-0.15, -0.1) is 0 Å². The number of rotatable bonds is 2. The van der Waals surface area contributed by atoms with Gasteiger partial charge in [-0.3, -0.25) is 4.79 Å². The Labute approximate surface area is 63.5 Å². The minimum atomic E-state index is -3.35. The number of carbonyl (C=O) groups excluding carboxylic acids is 1. The molecule has 0 radical (unpaired) electrons. The van der Waals surface area contributed by atoms with Gasteiger partial charge in [0.2, 0.25) is 0 Å². The fourth-order valence-electron chi connectivity index (χ4n) is 0.0525. The number of carbonyl (C=O) groups is 1. The van der Waals surface area contributed by atoms with Crippen molar-refractivity contribution < 1.29 is 13.6 Å². The topological polar surface area (TPSA) is 17.1 Å². The molecule has 8 heavy (non-hydrogen) atoms. The number of hydrogen-bond acceptors (Lipinski definition) is 1. The highest BCUT2D eigenvalue weighted by Gasteiger charge is 2.35. The van der Waals surface area contributed by atoms with Gasteiger partial charge in [-0.25, -0.2) is 0 Å². The standard InChI is InChI=1S/C3H2ClF2IO/c4-2(8)3(5,6)1-7/h1H2. The average Bonchev–Trinajstić information content (AvgIpc) is 1.67. The average molecular weight is 254 g/mol. The molecule has 0 fully saturated rings. The molecule has 0 aromatic carbocycles. The van der Waals surface area contributed by atoms with E-state index in [-0.39, 0.29) is 0 Å². The van der Waals surface area contributed by atoms with Crippen LogP contribution >= 0.6 is 34.2 Å². The highest BCUT2D eigenvalue weighted by Crippen LogP contribution is 2.19. The summed E-state index contributed by atoms with van der Waals surface area (Å²) in [7, 11) is 0. The number of halogens is 4. The van der Waals surface area contributed by atoms with E-state index in [4.69, 9.17) is 0 Å². The van der Waals surface area contributed by atoms with Gasteiger partial charge in [-0.2, -0.15) is 8.78 Å². The highest BCUT2D eigenvalue weighted by molar-refractivity contribution is 14.1. The second-order valence-electron chi connectivity index (χ2n) is 1.11. The largest absolute Gasteiger partial charge is 0.328 e. The zero-order valence-electron chi connectivity index (χ0n) is 3.63. The first-order valence-corrected chi connectivity index (χ1v) is 3.55. The van der Waals surface area contributed by atoms with Crippen LogP contribution in [0.3, 0.4) is 0 Å². The molecule has 0 saturated heterocycles. The Morgan fingerprint density at radius 1 is 1.75 bits per heavy atom. The van der Waals surface area contributed by atoms with Crippen LogP contribution in [0.4, 0.5) is 8.78 Å². The SMILES string of the molecule is O=C(Cl)C(F)(F)CI. The second kappa shape index (κ2) is 2.91. The van der Waals surface area contributed by atoms with Gasteiger partial charge in [0.05, 0.1) is 4.43 Å². The summed E-state index contributed by atoms with van der Waals surface area (Å²) in [5, 5.41) is -1.59. The van der Waals surface area contributed by atoms with E-state index in [0.717, 1.165) is 0 Å². The van der Waals surface area contributed by atoms with Crippen LogP contribution in [0.2, 0.25) is 0 Å². The normalized spacial score (nSPS) is 11.5. The summed E-state index contributed by atoms with van der Waals surface area (Å²) >= 11 is 5.87. The Morgan fingerprint density at radius 2 is 2.12 bits per heavy atom. The van der Waals surface area contributed by atoms with Crippen LogP contribution in [-0.4, -0.2) is 15.6 Å². The number of hydrogen-bond donors (Lipinski definition) is 0. The molecule has 0 unspecified atom stereocenters. The molecule has 0 aliphatic rings. The Balaban J connectivity index is 3.91. The summed E-state index contributed by atoms with van der Waals surface area (Å²) < 4.78 is 23.0. The van der Waals surface area contributed by atoms with Crippen LogP contribution in [0, 0.1) is 0 Å². The maximum absolute atomic E-state index is 11.8. The third-order valence-corrected chi connectivity index (χ3v) is 1.69. The van der Waals surface area contributed by atoms with Crippen molar-refractivity contribution in [3.63, 3.8) is 0 Å². The van der Waals surface area contributed by atoms with Crippen molar-refractivity contribution in [3.05, 3.63) is 0 Å². The fourth-order valence-corrected chi connectivity index (χ4v) is 0.691. The predicted molar refractivity (Wildman–Crippen MR) is 34.7 cm³/mol. The molecule has 0 N–H and O–H groups in total. The van der Waals surface area contributed by atoms with E-state index in [1.807, 2.05) is 0 Å². The summed E-state index contributed by atoms with van der Waals surface area (Å²) in [6.45, 7) is 0. The molecule has 0 amide bonds. The third kappa shape index (κ3) is 2.21. The molecular formula is C3H2ClF2IO. The zero-order valence-corrected chi connectivity index (χ0v) is 6.54. The minimum absolute atomic E-state index is 0.562. The molecule has 1 nitrogen and oxygen atoms in total. The quantitative estimate of drug-likeness (QED) is 0.417. The Bertz CT molecular complexity index is 105. The molecule has 0 spiro atoms. The van der Waals surface area contributed by atoms with Gasteiger partial charge in [0.25, 0.3) is 5.24 Å². The van der Waals surface area contributed by atoms with Crippen LogP contribution in [-0.2, 0) is 4.79 Å².